The Balaban J connectivity index is 2.32. The zero-order chi connectivity index (χ0) is 10.4. The lowest BCUT2D eigenvalue weighted by Crippen LogP contribution is -2.10. The highest BCUT2D eigenvalue weighted by Crippen LogP contribution is 2.70. The molecule has 0 bridgehead atoms. The van der Waals surface area contributed by atoms with Gasteiger partial charge in [0.05, 0.1) is 17.9 Å². The fourth-order valence-corrected chi connectivity index (χ4v) is 2.00. The topological polar surface area (TPSA) is 20.2 Å². The van der Waals surface area contributed by atoms with Crippen molar-refractivity contribution < 1.29 is 13.9 Å². The minimum Gasteiger partial charge on any atom is -0.396 e. The van der Waals surface area contributed by atoms with Crippen molar-refractivity contribution >= 4 is 0 Å². The van der Waals surface area contributed by atoms with Gasteiger partial charge in [0.2, 0.25) is 0 Å². The molecule has 76 valence electrons. The molecule has 3 heteroatoms. The zero-order valence-corrected chi connectivity index (χ0v) is 7.87. The molecule has 0 amide bonds. The number of aliphatic hydroxyl groups is 1. The third-order valence-corrected chi connectivity index (χ3v) is 3.14. The summed E-state index contributed by atoms with van der Waals surface area (Å²) in [6.45, 7) is 0.949. The van der Waals surface area contributed by atoms with E-state index in [2.05, 4.69) is 0 Å². The van der Waals surface area contributed by atoms with Crippen molar-refractivity contribution in [2.24, 2.45) is 5.41 Å². The van der Waals surface area contributed by atoms with Gasteiger partial charge in [0.1, 0.15) is 0 Å². The number of hydrogen-bond acceptors (Lipinski definition) is 1. The second-order valence-corrected chi connectivity index (χ2v) is 4.04. The van der Waals surface area contributed by atoms with Gasteiger partial charge in [0, 0.05) is 0 Å². The summed E-state index contributed by atoms with van der Waals surface area (Å²) in [6, 6.07) is 8.63. The average Bonchev–Trinajstić information content (AvgIpc) is 2.63. The molecule has 0 aliphatic heterocycles. The first-order valence-corrected chi connectivity index (χ1v) is 4.57. The molecule has 1 nitrogen and oxygen atoms in total. The van der Waals surface area contributed by atoms with Gasteiger partial charge in [0.15, 0.2) is 0 Å². The number of aliphatic hydroxyl groups excluding tert-OH is 1. The van der Waals surface area contributed by atoms with Gasteiger partial charge in [-0.05, 0) is 5.56 Å². The first-order valence-electron chi connectivity index (χ1n) is 4.57. The largest absolute Gasteiger partial charge is 0.396 e. The van der Waals surface area contributed by atoms with Gasteiger partial charge in [-0.3, -0.25) is 0 Å². The summed E-state index contributed by atoms with van der Waals surface area (Å²) in [6.07, 6.45) is 0. The van der Waals surface area contributed by atoms with E-state index in [-0.39, 0.29) is 0 Å². The molecule has 1 fully saturated rings. The molecule has 1 aromatic rings. The number of alkyl halides is 2. The Morgan fingerprint density at radius 2 is 1.86 bits per heavy atom. The van der Waals surface area contributed by atoms with Crippen LogP contribution in [-0.2, 0) is 0 Å². The molecule has 14 heavy (non-hydrogen) atoms. The smallest absolute Gasteiger partial charge is 0.263 e. The van der Waals surface area contributed by atoms with Crippen molar-refractivity contribution in [2.45, 2.75) is 18.8 Å². The molecular formula is C11H12F2O. The van der Waals surface area contributed by atoms with Crippen LogP contribution in [0.4, 0.5) is 8.78 Å². The molecule has 1 aliphatic carbocycles. The molecule has 0 saturated heterocycles. The van der Waals surface area contributed by atoms with E-state index < -0.39 is 23.9 Å². The van der Waals surface area contributed by atoms with E-state index in [1.165, 1.54) is 6.92 Å². The van der Waals surface area contributed by atoms with E-state index in [4.69, 9.17) is 5.11 Å². The molecule has 1 aromatic carbocycles. The fraction of sp³-hybridized carbons (Fsp3) is 0.455. The molecule has 1 aliphatic rings. The van der Waals surface area contributed by atoms with Crippen LogP contribution in [-0.4, -0.2) is 17.6 Å². The van der Waals surface area contributed by atoms with Gasteiger partial charge < -0.3 is 5.11 Å². The second kappa shape index (κ2) is 2.76. The predicted molar refractivity (Wildman–Crippen MR) is 49.3 cm³/mol. The molecule has 0 spiro atoms. The Hall–Kier alpha value is -0.960. The summed E-state index contributed by atoms with van der Waals surface area (Å²) >= 11 is 0. The minimum absolute atomic E-state index is 0.473. The van der Waals surface area contributed by atoms with E-state index in [0.717, 1.165) is 0 Å². The van der Waals surface area contributed by atoms with Gasteiger partial charge in [0.25, 0.3) is 5.92 Å². The van der Waals surface area contributed by atoms with E-state index in [9.17, 15) is 8.78 Å². The highest BCUT2D eigenvalue weighted by molar-refractivity contribution is 5.36. The molecule has 0 radical (unpaired) electrons. The van der Waals surface area contributed by atoms with E-state index in [1.807, 2.05) is 0 Å². The van der Waals surface area contributed by atoms with Gasteiger partial charge in [-0.25, -0.2) is 8.78 Å². The van der Waals surface area contributed by atoms with Crippen molar-refractivity contribution in [1.29, 1.82) is 0 Å². The third-order valence-electron chi connectivity index (χ3n) is 3.14. The Bertz CT molecular complexity index is 336. The van der Waals surface area contributed by atoms with Gasteiger partial charge in [-0.15, -0.1) is 0 Å². The summed E-state index contributed by atoms with van der Waals surface area (Å²) < 4.78 is 26.7. The number of rotatable bonds is 2. The summed E-state index contributed by atoms with van der Waals surface area (Å²) in [5, 5.41) is 8.95. The van der Waals surface area contributed by atoms with Crippen LogP contribution in [0.1, 0.15) is 18.4 Å². The molecule has 2 rings (SSSR count). The molecule has 2 unspecified atom stereocenters. The van der Waals surface area contributed by atoms with Crippen molar-refractivity contribution in [1.82, 2.24) is 0 Å². The van der Waals surface area contributed by atoms with Crippen LogP contribution in [0.3, 0.4) is 0 Å². The van der Waals surface area contributed by atoms with E-state index in [0.29, 0.717) is 5.56 Å². The summed E-state index contributed by atoms with van der Waals surface area (Å²) in [5.41, 5.74) is -0.664. The normalized spacial score (nSPS) is 34.1. The zero-order valence-electron chi connectivity index (χ0n) is 7.87. The van der Waals surface area contributed by atoms with Gasteiger partial charge in [-0.1, -0.05) is 37.3 Å². The van der Waals surface area contributed by atoms with E-state index >= 15 is 0 Å². The lowest BCUT2D eigenvalue weighted by Gasteiger charge is -2.03. The molecule has 1 saturated carbocycles. The Kier molecular flexibility index (Phi) is 1.89. The van der Waals surface area contributed by atoms with Crippen molar-refractivity contribution in [3.8, 4) is 0 Å². The standard InChI is InChI=1S/C11H12F2O/c1-10(7-14)9(11(10,12)13)8-5-3-2-4-6-8/h2-6,9,14H,7H2,1H3. The lowest BCUT2D eigenvalue weighted by atomic mass is 10.0. The Morgan fingerprint density at radius 1 is 1.29 bits per heavy atom. The maximum atomic E-state index is 13.4. The quantitative estimate of drug-likeness (QED) is 0.773. The number of halogens is 2. The van der Waals surface area contributed by atoms with Crippen LogP contribution in [0.25, 0.3) is 0 Å². The SMILES string of the molecule is CC1(CO)C(c2ccccc2)C1(F)F. The third kappa shape index (κ3) is 1.02. The minimum atomic E-state index is -2.77. The highest BCUT2D eigenvalue weighted by Gasteiger charge is 2.77. The van der Waals surface area contributed by atoms with Crippen molar-refractivity contribution in [2.75, 3.05) is 6.61 Å². The molecular weight excluding hydrogens is 186 g/mol. The Labute approximate surface area is 81.4 Å². The number of hydrogen-bond donors (Lipinski definition) is 1. The molecule has 2 atom stereocenters. The van der Waals surface area contributed by atoms with Gasteiger partial charge >= 0.3 is 0 Å². The molecule has 0 aromatic heterocycles. The van der Waals surface area contributed by atoms with Crippen LogP contribution >= 0.6 is 0 Å². The first-order chi connectivity index (χ1) is 6.54. The van der Waals surface area contributed by atoms with Crippen LogP contribution < -0.4 is 0 Å². The second-order valence-electron chi connectivity index (χ2n) is 4.04. The lowest BCUT2D eigenvalue weighted by molar-refractivity contribution is 0.0436. The first kappa shape index (κ1) is 9.59. The predicted octanol–water partition coefficient (Wildman–Crippen LogP) is 2.42. The molecule has 0 heterocycles. The van der Waals surface area contributed by atoms with Gasteiger partial charge in [-0.2, -0.15) is 0 Å². The fourth-order valence-electron chi connectivity index (χ4n) is 2.00. The van der Waals surface area contributed by atoms with Crippen molar-refractivity contribution in [3.63, 3.8) is 0 Å². The summed E-state index contributed by atoms with van der Waals surface area (Å²) in [7, 11) is 0. The molecule has 1 N–H and O–H groups in total. The number of benzene rings is 1. The van der Waals surface area contributed by atoms with Crippen LogP contribution in [0.2, 0.25) is 0 Å². The van der Waals surface area contributed by atoms with Crippen molar-refractivity contribution in [3.05, 3.63) is 35.9 Å². The van der Waals surface area contributed by atoms with Crippen LogP contribution in [0.15, 0.2) is 30.3 Å². The highest BCUT2D eigenvalue weighted by atomic mass is 19.3. The summed E-state index contributed by atoms with van der Waals surface area (Å²) in [4.78, 5) is 0. The van der Waals surface area contributed by atoms with E-state index in [1.54, 1.807) is 30.3 Å². The summed E-state index contributed by atoms with van der Waals surface area (Å²) in [5.74, 6) is -3.61. The Morgan fingerprint density at radius 3 is 2.29 bits per heavy atom. The average molecular weight is 198 g/mol. The van der Waals surface area contributed by atoms with Crippen LogP contribution in [0.5, 0.6) is 0 Å². The van der Waals surface area contributed by atoms with Crippen LogP contribution in [0, 0.1) is 5.41 Å². The maximum absolute atomic E-state index is 13.4. The monoisotopic (exact) mass is 198 g/mol. The maximum Gasteiger partial charge on any atom is 0.263 e.